The maximum atomic E-state index is 12.6. The van der Waals surface area contributed by atoms with E-state index in [9.17, 15) is 4.79 Å². The van der Waals surface area contributed by atoms with Crippen molar-refractivity contribution in [1.29, 1.82) is 0 Å². The Morgan fingerprint density at radius 1 is 1.04 bits per heavy atom. The van der Waals surface area contributed by atoms with E-state index >= 15 is 0 Å². The van der Waals surface area contributed by atoms with Crippen molar-refractivity contribution in [1.82, 2.24) is 10.3 Å². The molecule has 0 aliphatic carbocycles. The highest BCUT2D eigenvalue weighted by atomic mass is 16.4. The molecule has 2 aromatic carbocycles. The molecule has 2 aromatic heterocycles. The summed E-state index contributed by atoms with van der Waals surface area (Å²) in [6.45, 7) is 5.76. The minimum Gasteiger partial charge on any atom is -0.436 e. The van der Waals surface area contributed by atoms with Crippen LogP contribution in [-0.4, -0.2) is 31.2 Å². The quantitative estimate of drug-likeness (QED) is 0.552. The molecule has 0 bridgehead atoms. The van der Waals surface area contributed by atoms with E-state index in [1.165, 1.54) is 0 Å². The van der Waals surface area contributed by atoms with Crippen LogP contribution in [0.5, 0.6) is 0 Å². The lowest BCUT2D eigenvalue weighted by atomic mass is 10.1. The summed E-state index contributed by atoms with van der Waals surface area (Å²) in [5.41, 5.74) is 3.98. The van der Waals surface area contributed by atoms with Crippen LogP contribution in [0.4, 0.5) is 5.69 Å². The van der Waals surface area contributed by atoms with Gasteiger partial charge < -0.3 is 19.1 Å². The van der Waals surface area contributed by atoms with E-state index in [1.807, 2.05) is 37.3 Å². The van der Waals surface area contributed by atoms with Crippen molar-refractivity contribution in [2.45, 2.75) is 6.92 Å². The van der Waals surface area contributed by atoms with Gasteiger partial charge in [-0.1, -0.05) is 12.1 Å². The molecule has 1 N–H and O–H groups in total. The van der Waals surface area contributed by atoms with Crippen LogP contribution in [0.15, 0.2) is 56.1 Å². The van der Waals surface area contributed by atoms with Crippen LogP contribution in [0.2, 0.25) is 0 Å². The van der Waals surface area contributed by atoms with Gasteiger partial charge in [0.15, 0.2) is 5.58 Å². The van der Waals surface area contributed by atoms with Gasteiger partial charge in [0.05, 0.1) is 0 Å². The van der Waals surface area contributed by atoms with Crippen molar-refractivity contribution < 1.29 is 8.83 Å². The van der Waals surface area contributed by atoms with Crippen molar-refractivity contribution in [3.8, 4) is 11.5 Å². The van der Waals surface area contributed by atoms with Gasteiger partial charge in [-0.25, -0.2) is 9.78 Å². The minimum atomic E-state index is -0.441. The van der Waals surface area contributed by atoms with Gasteiger partial charge in [0.25, 0.3) is 0 Å². The Hall–Kier alpha value is -3.12. The Labute approximate surface area is 155 Å². The molecular formula is C21H19N3O3. The Morgan fingerprint density at radius 2 is 1.89 bits per heavy atom. The van der Waals surface area contributed by atoms with E-state index in [-0.39, 0.29) is 0 Å². The summed E-state index contributed by atoms with van der Waals surface area (Å²) < 4.78 is 11.4. The molecule has 136 valence electrons. The van der Waals surface area contributed by atoms with Crippen LogP contribution in [0.3, 0.4) is 0 Å². The number of nitrogens with zero attached hydrogens (tertiary/aromatic N) is 2. The molecule has 1 fully saturated rings. The van der Waals surface area contributed by atoms with Crippen molar-refractivity contribution in [2.75, 3.05) is 31.1 Å². The number of rotatable bonds is 2. The lowest BCUT2D eigenvalue weighted by molar-refractivity contribution is 0.552. The monoisotopic (exact) mass is 361 g/mol. The molecule has 3 heterocycles. The third-order valence-corrected chi connectivity index (χ3v) is 5.05. The molecule has 1 aliphatic heterocycles. The molecule has 1 aliphatic rings. The van der Waals surface area contributed by atoms with Gasteiger partial charge in [0.2, 0.25) is 5.89 Å². The Bertz CT molecular complexity index is 1200. The zero-order valence-corrected chi connectivity index (χ0v) is 15.0. The Kier molecular flexibility index (Phi) is 3.72. The van der Waals surface area contributed by atoms with Crippen LogP contribution in [0, 0.1) is 6.92 Å². The fourth-order valence-corrected chi connectivity index (χ4v) is 3.57. The number of benzene rings is 2. The topological polar surface area (TPSA) is 71.5 Å². The fourth-order valence-electron chi connectivity index (χ4n) is 3.57. The van der Waals surface area contributed by atoms with E-state index in [0.29, 0.717) is 22.6 Å². The van der Waals surface area contributed by atoms with E-state index in [1.54, 1.807) is 6.07 Å². The summed E-state index contributed by atoms with van der Waals surface area (Å²) in [7, 11) is 0. The second kappa shape index (κ2) is 6.25. The largest absolute Gasteiger partial charge is 0.436 e. The average molecular weight is 361 g/mol. The minimum absolute atomic E-state index is 0.293. The number of aryl methyl sites for hydroxylation is 1. The molecule has 0 atom stereocenters. The lowest BCUT2D eigenvalue weighted by Gasteiger charge is -2.29. The Morgan fingerprint density at radius 3 is 2.70 bits per heavy atom. The normalized spacial score (nSPS) is 14.9. The number of aromatic nitrogens is 1. The maximum absolute atomic E-state index is 12.6. The molecule has 0 unspecified atom stereocenters. The molecule has 1 saturated heterocycles. The van der Waals surface area contributed by atoms with E-state index in [4.69, 9.17) is 8.83 Å². The smallest absolute Gasteiger partial charge is 0.349 e. The highest BCUT2D eigenvalue weighted by molar-refractivity contribution is 5.85. The highest BCUT2D eigenvalue weighted by Crippen LogP contribution is 2.28. The molecule has 0 radical (unpaired) electrons. The van der Waals surface area contributed by atoms with E-state index in [0.717, 1.165) is 48.3 Å². The standard InChI is InChI=1S/C21H19N3O3/c1-13-3-2-4-17-19(13)23-20(26-17)16-11-14-5-6-15(12-18(14)27-21(16)25)24-9-7-22-8-10-24/h2-6,11-12,22H,7-10H2,1H3. The molecular weight excluding hydrogens is 342 g/mol. The second-order valence-corrected chi connectivity index (χ2v) is 6.85. The molecule has 0 spiro atoms. The van der Waals surface area contributed by atoms with Crippen molar-refractivity contribution in [3.05, 3.63) is 58.4 Å². The van der Waals surface area contributed by atoms with Crippen molar-refractivity contribution >= 4 is 27.8 Å². The van der Waals surface area contributed by atoms with Gasteiger partial charge in [-0.3, -0.25) is 0 Å². The molecule has 6 heteroatoms. The van der Waals surface area contributed by atoms with Gasteiger partial charge in [-0.05, 0) is 36.8 Å². The number of para-hydroxylation sites is 1. The average Bonchev–Trinajstić information content (AvgIpc) is 3.13. The van der Waals surface area contributed by atoms with E-state index in [2.05, 4.69) is 21.3 Å². The van der Waals surface area contributed by atoms with Gasteiger partial charge in [0, 0.05) is 43.3 Å². The zero-order chi connectivity index (χ0) is 18.4. The van der Waals surface area contributed by atoms with Gasteiger partial charge in [-0.2, -0.15) is 0 Å². The van der Waals surface area contributed by atoms with Crippen LogP contribution < -0.4 is 15.8 Å². The summed E-state index contributed by atoms with van der Waals surface area (Å²) >= 11 is 0. The number of hydrogen-bond donors (Lipinski definition) is 1. The third kappa shape index (κ3) is 2.78. The molecule has 6 nitrogen and oxygen atoms in total. The van der Waals surface area contributed by atoms with Gasteiger partial charge in [-0.15, -0.1) is 0 Å². The lowest BCUT2D eigenvalue weighted by Crippen LogP contribution is -2.43. The fraction of sp³-hybridized carbons (Fsp3) is 0.238. The summed E-state index contributed by atoms with van der Waals surface area (Å²) in [5, 5.41) is 4.19. The Balaban J connectivity index is 1.60. The SMILES string of the molecule is Cc1cccc2oc(-c3cc4ccc(N5CCNCC5)cc4oc3=O)nc12. The van der Waals surface area contributed by atoms with Crippen molar-refractivity contribution in [2.24, 2.45) is 0 Å². The number of fused-ring (bicyclic) bond motifs is 2. The summed E-state index contributed by atoms with van der Waals surface area (Å²) in [5.74, 6) is 0.293. The first-order valence-corrected chi connectivity index (χ1v) is 9.09. The summed E-state index contributed by atoms with van der Waals surface area (Å²) in [4.78, 5) is 19.4. The van der Waals surface area contributed by atoms with Crippen molar-refractivity contribution in [3.63, 3.8) is 0 Å². The third-order valence-electron chi connectivity index (χ3n) is 5.05. The molecule has 4 aromatic rings. The number of nitrogens with one attached hydrogen (secondary N) is 1. The van der Waals surface area contributed by atoms with Gasteiger partial charge in [0.1, 0.15) is 16.7 Å². The molecule has 0 saturated carbocycles. The second-order valence-electron chi connectivity index (χ2n) is 6.85. The summed E-state index contributed by atoms with van der Waals surface area (Å²) in [6, 6.07) is 13.5. The number of oxazole rings is 1. The first-order valence-electron chi connectivity index (χ1n) is 9.09. The van der Waals surface area contributed by atoms with Crippen LogP contribution >= 0.6 is 0 Å². The van der Waals surface area contributed by atoms with E-state index < -0.39 is 5.63 Å². The molecule has 5 rings (SSSR count). The molecule has 27 heavy (non-hydrogen) atoms. The van der Waals surface area contributed by atoms with Gasteiger partial charge >= 0.3 is 5.63 Å². The predicted octanol–water partition coefficient (Wildman–Crippen LogP) is 3.32. The maximum Gasteiger partial charge on any atom is 0.349 e. The summed E-state index contributed by atoms with van der Waals surface area (Å²) in [6.07, 6.45) is 0. The molecule has 0 amide bonds. The number of anilines is 1. The van der Waals surface area contributed by atoms with Crippen LogP contribution in [0.1, 0.15) is 5.56 Å². The first kappa shape index (κ1) is 16.1. The highest BCUT2D eigenvalue weighted by Gasteiger charge is 2.17. The zero-order valence-electron chi connectivity index (χ0n) is 15.0. The first-order chi connectivity index (χ1) is 13.2. The van der Waals surface area contributed by atoms with Crippen LogP contribution in [-0.2, 0) is 0 Å². The number of hydrogen-bond acceptors (Lipinski definition) is 6. The number of piperazine rings is 1. The predicted molar refractivity (Wildman–Crippen MR) is 105 cm³/mol. The van der Waals surface area contributed by atoms with Crippen LogP contribution in [0.25, 0.3) is 33.5 Å².